The van der Waals surface area contributed by atoms with Gasteiger partial charge in [-0.1, -0.05) is 29.8 Å². The van der Waals surface area contributed by atoms with Crippen LogP contribution in [-0.4, -0.2) is 50.0 Å². The third kappa shape index (κ3) is 4.78. The van der Waals surface area contributed by atoms with E-state index in [9.17, 15) is 14.7 Å². The number of fused-ring (bicyclic) bond motifs is 1. The van der Waals surface area contributed by atoms with E-state index in [1.165, 1.54) is 11.1 Å². The molecule has 2 amide bonds. The topological polar surface area (TPSA) is 130 Å². The van der Waals surface area contributed by atoms with Crippen LogP contribution in [0.15, 0.2) is 47.7 Å². The molecule has 0 unspecified atom stereocenters. The molecule has 5 rings (SSSR count). The maximum atomic E-state index is 13.5. The van der Waals surface area contributed by atoms with E-state index in [1.807, 2.05) is 38.1 Å². The number of rotatable bonds is 5. The van der Waals surface area contributed by atoms with Gasteiger partial charge in [-0.25, -0.2) is 4.99 Å². The van der Waals surface area contributed by atoms with Crippen molar-refractivity contribution in [2.24, 2.45) is 22.6 Å². The van der Waals surface area contributed by atoms with Crippen molar-refractivity contribution in [2.45, 2.75) is 69.9 Å². The number of carbonyl (C=O) groups excluding carboxylic acids is 2. The number of para-hydroxylation sites is 1. The van der Waals surface area contributed by atoms with Gasteiger partial charge in [0.1, 0.15) is 17.5 Å². The molecule has 1 saturated carbocycles. The molecule has 1 aromatic carbocycles. The molecule has 1 aliphatic carbocycles. The number of guanidine groups is 1. The number of aliphatic hydroxyl groups is 1. The minimum absolute atomic E-state index is 0.118. The molecule has 10 heteroatoms. The SMILES string of the molecule is CC1(C)CC(=O)N([C@H](c2cncc(Cl)c2)[C@@H]2C[C@H]2C(=O)N[C@@H]2c3ccccc3OC(C)(C)[C@H]2O)C(N)=N1. The first-order valence-corrected chi connectivity index (χ1v) is 12.8. The molecule has 37 heavy (non-hydrogen) atoms. The second-order valence-corrected chi connectivity index (χ2v) is 11.7. The Morgan fingerprint density at radius 3 is 2.70 bits per heavy atom. The number of ether oxygens (including phenoxy) is 1. The summed E-state index contributed by atoms with van der Waals surface area (Å²) in [7, 11) is 0. The lowest BCUT2D eigenvalue weighted by molar-refractivity contribution is -0.132. The van der Waals surface area contributed by atoms with E-state index in [1.54, 1.807) is 26.1 Å². The number of hydrogen-bond acceptors (Lipinski definition) is 7. The van der Waals surface area contributed by atoms with Crippen molar-refractivity contribution in [3.63, 3.8) is 0 Å². The predicted molar refractivity (Wildman–Crippen MR) is 139 cm³/mol. The van der Waals surface area contributed by atoms with Crippen molar-refractivity contribution in [1.29, 1.82) is 0 Å². The number of aliphatic hydroxyl groups excluding tert-OH is 1. The lowest BCUT2D eigenvalue weighted by atomic mass is 9.86. The Morgan fingerprint density at radius 1 is 1.27 bits per heavy atom. The van der Waals surface area contributed by atoms with Gasteiger partial charge >= 0.3 is 0 Å². The Labute approximate surface area is 221 Å². The summed E-state index contributed by atoms with van der Waals surface area (Å²) < 4.78 is 5.98. The van der Waals surface area contributed by atoms with Gasteiger partial charge in [0.2, 0.25) is 11.8 Å². The largest absolute Gasteiger partial charge is 0.485 e. The molecule has 5 atom stereocenters. The first kappa shape index (κ1) is 25.5. The van der Waals surface area contributed by atoms with Gasteiger partial charge in [-0.3, -0.25) is 19.5 Å². The number of carbonyl (C=O) groups is 2. The third-order valence-electron chi connectivity index (χ3n) is 7.40. The number of halogens is 1. The van der Waals surface area contributed by atoms with Crippen LogP contribution in [0.5, 0.6) is 5.75 Å². The fourth-order valence-corrected chi connectivity index (χ4v) is 5.67. The first-order valence-electron chi connectivity index (χ1n) is 12.4. The van der Waals surface area contributed by atoms with Crippen LogP contribution in [0.4, 0.5) is 0 Å². The molecule has 0 bridgehead atoms. The number of aromatic nitrogens is 1. The molecule has 3 heterocycles. The maximum absolute atomic E-state index is 13.5. The van der Waals surface area contributed by atoms with Gasteiger partial charge in [-0.05, 0) is 57.7 Å². The van der Waals surface area contributed by atoms with Gasteiger partial charge in [0.25, 0.3) is 0 Å². The number of nitrogens with two attached hydrogens (primary N) is 1. The molecule has 0 spiro atoms. The van der Waals surface area contributed by atoms with Crippen LogP contribution in [0.25, 0.3) is 0 Å². The summed E-state index contributed by atoms with van der Waals surface area (Å²) in [6.07, 6.45) is 2.94. The van der Waals surface area contributed by atoms with E-state index >= 15 is 0 Å². The van der Waals surface area contributed by atoms with Gasteiger partial charge in [0, 0.05) is 23.9 Å². The minimum atomic E-state index is -0.954. The second kappa shape index (κ2) is 8.99. The van der Waals surface area contributed by atoms with Crippen LogP contribution in [0.1, 0.15) is 63.7 Å². The fourth-order valence-electron chi connectivity index (χ4n) is 5.49. The Bertz CT molecular complexity index is 1280. The summed E-state index contributed by atoms with van der Waals surface area (Å²) in [6, 6.07) is 7.94. The molecule has 9 nitrogen and oxygen atoms in total. The van der Waals surface area contributed by atoms with E-state index in [0.29, 0.717) is 22.8 Å². The lowest BCUT2D eigenvalue weighted by Gasteiger charge is -2.42. The summed E-state index contributed by atoms with van der Waals surface area (Å²) in [5.41, 5.74) is 6.24. The van der Waals surface area contributed by atoms with Gasteiger partial charge in [0.05, 0.1) is 29.1 Å². The lowest BCUT2D eigenvalue weighted by Crippen LogP contribution is -2.54. The van der Waals surface area contributed by atoms with Crippen LogP contribution >= 0.6 is 11.6 Å². The van der Waals surface area contributed by atoms with Crippen LogP contribution < -0.4 is 15.8 Å². The van der Waals surface area contributed by atoms with Gasteiger partial charge in [-0.15, -0.1) is 0 Å². The first-order chi connectivity index (χ1) is 17.4. The number of benzene rings is 1. The van der Waals surface area contributed by atoms with Crippen molar-refractivity contribution in [1.82, 2.24) is 15.2 Å². The van der Waals surface area contributed by atoms with Crippen molar-refractivity contribution in [3.05, 3.63) is 58.9 Å². The maximum Gasteiger partial charge on any atom is 0.232 e. The predicted octanol–water partition coefficient (Wildman–Crippen LogP) is 3.13. The third-order valence-corrected chi connectivity index (χ3v) is 7.60. The van der Waals surface area contributed by atoms with Crippen LogP contribution in [0, 0.1) is 11.8 Å². The minimum Gasteiger partial charge on any atom is -0.485 e. The number of nitrogens with one attached hydrogen (secondary N) is 1. The number of pyridine rings is 1. The molecule has 0 radical (unpaired) electrons. The van der Waals surface area contributed by atoms with Crippen LogP contribution in [0.2, 0.25) is 5.02 Å². The monoisotopic (exact) mass is 525 g/mol. The Morgan fingerprint density at radius 2 is 2.00 bits per heavy atom. The van der Waals surface area contributed by atoms with Crippen molar-refractivity contribution in [2.75, 3.05) is 0 Å². The van der Waals surface area contributed by atoms with Gasteiger partial charge in [0.15, 0.2) is 5.96 Å². The average Bonchev–Trinajstić information content (AvgIpc) is 3.59. The van der Waals surface area contributed by atoms with Gasteiger partial charge in [-0.2, -0.15) is 0 Å². The zero-order chi connectivity index (χ0) is 26.7. The molecule has 2 aromatic rings. The van der Waals surface area contributed by atoms with E-state index in [4.69, 9.17) is 22.1 Å². The Balaban J connectivity index is 1.43. The van der Waals surface area contributed by atoms with Crippen molar-refractivity contribution in [3.8, 4) is 5.75 Å². The normalized spacial score (nSPS) is 28.4. The molecular weight excluding hydrogens is 494 g/mol. The van der Waals surface area contributed by atoms with Crippen molar-refractivity contribution < 1.29 is 19.4 Å². The molecular formula is C27H32ClN5O4. The van der Waals surface area contributed by atoms with Crippen molar-refractivity contribution >= 4 is 29.4 Å². The number of hydrogen-bond donors (Lipinski definition) is 3. The van der Waals surface area contributed by atoms with E-state index in [2.05, 4.69) is 15.3 Å². The molecule has 0 saturated heterocycles. The standard InChI is InChI=1S/C27H32ClN5O4/c1-26(2)11-20(34)33(25(29)32-26)22(14-9-15(28)13-30-12-14)17-10-18(17)24(36)31-21-16-7-5-6-8-19(16)37-27(3,4)23(21)35/h5-9,12-13,17-18,21-23,35H,10-11H2,1-4H3,(H2,29,32)(H,31,36)/t17-,18-,21-,22-,23+/m1/s1. The molecule has 2 aliphatic heterocycles. The summed E-state index contributed by atoms with van der Waals surface area (Å²) in [4.78, 5) is 37.0. The number of aliphatic imine (C=N–C) groups is 1. The van der Waals surface area contributed by atoms with E-state index in [-0.39, 0.29) is 30.1 Å². The van der Waals surface area contributed by atoms with Crippen LogP contribution in [0.3, 0.4) is 0 Å². The molecule has 196 valence electrons. The van der Waals surface area contributed by atoms with E-state index in [0.717, 1.165) is 5.56 Å². The van der Waals surface area contributed by atoms with Crippen LogP contribution in [-0.2, 0) is 9.59 Å². The highest BCUT2D eigenvalue weighted by atomic mass is 35.5. The highest BCUT2D eigenvalue weighted by Crippen LogP contribution is 2.52. The Kier molecular flexibility index (Phi) is 6.19. The fraction of sp³-hybridized carbons (Fsp3) is 0.481. The van der Waals surface area contributed by atoms with E-state index < -0.39 is 35.2 Å². The second-order valence-electron chi connectivity index (χ2n) is 11.3. The zero-order valence-electron chi connectivity index (χ0n) is 21.3. The molecule has 4 N–H and O–H groups in total. The Hall–Kier alpha value is -3.17. The summed E-state index contributed by atoms with van der Waals surface area (Å²) in [5, 5.41) is 14.5. The summed E-state index contributed by atoms with van der Waals surface area (Å²) in [5.74, 6) is -0.244. The average molecular weight is 526 g/mol. The summed E-state index contributed by atoms with van der Waals surface area (Å²) in [6.45, 7) is 7.30. The molecule has 1 aromatic heterocycles. The smallest absolute Gasteiger partial charge is 0.232 e. The molecule has 3 aliphatic rings. The van der Waals surface area contributed by atoms with Gasteiger partial charge < -0.3 is 20.9 Å². The highest BCUT2D eigenvalue weighted by molar-refractivity contribution is 6.30. The zero-order valence-corrected chi connectivity index (χ0v) is 22.1. The summed E-state index contributed by atoms with van der Waals surface area (Å²) >= 11 is 6.24. The number of nitrogens with zero attached hydrogens (tertiary/aromatic N) is 3. The molecule has 1 fully saturated rings. The number of amides is 2. The highest BCUT2D eigenvalue weighted by Gasteiger charge is 2.54. The quantitative estimate of drug-likeness (QED) is 0.550.